The van der Waals surface area contributed by atoms with Crippen LogP contribution in [0.4, 0.5) is 5.69 Å². The highest BCUT2D eigenvalue weighted by Gasteiger charge is 2.25. The van der Waals surface area contributed by atoms with E-state index in [9.17, 15) is 4.79 Å². The van der Waals surface area contributed by atoms with Crippen molar-refractivity contribution in [3.63, 3.8) is 0 Å². The molecule has 2 aromatic carbocycles. The second-order valence-electron chi connectivity index (χ2n) is 6.23. The molecule has 1 aliphatic heterocycles. The lowest BCUT2D eigenvalue weighted by molar-refractivity contribution is -0.120. The molecule has 1 aromatic heterocycles. The van der Waals surface area contributed by atoms with E-state index in [-0.39, 0.29) is 12.5 Å². The van der Waals surface area contributed by atoms with E-state index in [4.69, 9.17) is 27.9 Å². The number of pyridine rings is 1. The van der Waals surface area contributed by atoms with Crippen molar-refractivity contribution in [2.45, 2.75) is 13.3 Å². The molecule has 0 spiro atoms. The van der Waals surface area contributed by atoms with Gasteiger partial charge in [0.1, 0.15) is 5.52 Å². The summed E-state index contributed by atoms with van der Waals surface area (Å²) >= 11 is 12.6. The number of fused-ring (bicyclic) bond motifs is 2. The fourth-order valence-electron chi connectivity index (χ4n) is 3.24. The first-order valence-electron chi connectivity index (χ1n) is 8.31. The van der Waals surface area contributed by atoms with E-state index in [2.05, 4.69) is 4.98 Å². The van der Waals surface area contributed by atoms with Crippen molar-refractivity contribution in [2.75, 3.05) is 18.1 Å². The number of nitrogens with zero attached hydrogens (tertiary/aromatic N) is 2. The summed E-state index contributed by atoms with van der Waals surface area (Å²) in [4.78, 5) is 18.9. The average molecular weight is 387 g/mol. The second kappa shape index (κ2) is 6.78. The normalized spacial score (nSPS) is 13.1. The predicted octanol–water partition coefficient (Wildman–Crippen LogP) is 4.82. The minimum Gasteiger partial charge on any atom is -0.480 e. The maximum absolute atomic E-state index is 12.7. The summed E-state index contributed by atoms with van der Waals surface area (Å²) in [5.41, 5.74) is 3.51. The van der Waals surface area contributed by atoms with Crippen LogP contribution in [0.5, 0.6) is 5.75 Å². The molecule has 4 nitrogen and oxygen atoms in total. The molecular weight excluding hydrogens is 371 g/mol. The molecular formula is C20H16Cl2N2O2. The number of rotatable bonds is 3. The molecule has 0 saturated carbocycles. The van der Waals surface area contributed by atoms with Crippen LogP contribution in [0, 0.1) is 6.92 Å². The molecule has 3 aromatic rings. The van der Waals surface area contributed by atoms with Crippen molar-refractivity contribution >= 4 is 45.7 Å². The number of amides is 1. The van der Waals surface area contributed by atoms with Crippen LogP contribution in [0.15, 0.2) is 42.5 Å². The number of hydrogen-bond acceptors (Lipinski definition) is 3. The molecule has 0 unspecified atom stereocenters. The van der Waals surface area contributed by atoms with E-state index >= 15 is 0 Å². The summed E-state index contributed by atoms with van der Waals surface area (Å²) in [6.45, 7) is 2.43. The largest absolute Gasteiger partial charge is 0.480 e. The first kappa shape index (κ1) is 17.1. The minimum atomic E-state index is -0.111. The van der Waals surface area contributed by atoms with E-state index < -0.39 is 0 Å². The van der Waals surface area contributed by atoms with Crippen LogP contribution < -0.4 is 9.64 Å². The SMILES string of the molecule is Cc1ccc2c(Cl)cc(Cl)c(OCC(=O)N3CCc4ccccc43)c2n1. The molecule has 4 rings (SSSR count). The maximum atomic E-state index is 12.7. The Balaban J connectivity index is 1.61. The Morgan fingerprint density at radius 2 is 2.00 bits per heavy atom. The Labute approximate surface area is 161 Å². The molecule has 0 atom stereocenters. The summed E-state index contributed by atoms with van der Waals surface area (Å²) in [5, 5.41) is 1.59. The Morgan fingerprint density at radius 3 is 2.85 bits per heavy atom. The van der Waals surface area contributed by atoms with Crippen LogP contribution in [0.3, 0.4) is 0 Å². The molecule has 0 radical (unpaired) electrons. The molecule has 0 bridgehead atoms. The average Bonchev–Trinajstić information content (AvgIpc) is 3.05. The van der Waals surface area contributed by atoms with E-state index in [1.165, 1.54) is 5.56 Å². The number of para-hydroxylation sites is 1. The van der Waals surface area contributed by atoms with Crippen molar-refractivity contribution in [2.24, 2.45) is 0 Å². The van der Waals surface area contributed by atoms with E-state index in [1.54, 1.807) is 11.0 Å². The van der Waals surface area contributed by atoms with Gasteiger partial charge >= 0.3 is 0 Å². The molecule has 2 heterocycles. The van der Waals surface area contributed by atoms with Crippen molar-refractivity contribution in [3.05, 3.63) is 63.8 Å². The Hall–Kier alpha value is -2.30. The predicted molar refractivity (Wildman–Crippen MR) is 104 cm³/mol. The van der Waals surface area contributed by atoms with Gasteiger partial charge in [-0.25, -0.2) is 4.98 Å². The van der Waals surface area contributed by atoms with E-state index in [1.807, 2.05) is 43.3 Å². The highest BCUT2D eigenvalue weighted by Crippen LogP contribution is 2.37. The topological polar surface area (TPSA) is 42.4 Å². The number of hydrogen-bond donors (Lipinski definition) is 0. The van der Waals surface area contributed by atoms with Gasteiger partial charge in [-0.3, -0.25) is 4.79 Å². The first-order chi connectivity index (χ1) is 12.5. The number of carbonyl (C=O) groups excluding carboxylic acids is 1. The van der Waals surface area contributed by atoms with E-state index in [0.29, 0.717) is 27.9 Å². The monoisotopic (exact) mass is 386 g/mol. The zero-order chi connectivity index (χ0) is 18.3. The fourth-order valence-corrected chi connectivity index (χ4v) is 3.81. The van der Waals surface area contributed by atoms with Gasteiger partial charge in [-0.2, -0.15) is 0 Å². The summed E-state index contributed by atoms with van der Waals surface area (Å²) in [6.07, 6.45) is 0.854. The number of anilines is 1. The van der Waals surface area contributed by atoms with Gasteiger partial charge in [-0.1, -0.05) is 41.4 Å². The number of carbonyl (C=O) groups is 1. The highest BCUT2D eigenvalue weighted by molar-refractivity contribution is 6.39. The van der Waals surface area contributed by atoms with Gasteiger partial charge in [0.15, 0.2) is 12.4 Å². The van der Waals surface area contributed by atoms with Crippen molar-refractivity contribution in [3.8, 4) is 5.75 Å². The summed E-state index contributed by atoms with van der Waals surface area (Å²) in [6, 6.07) is 13.3. The van der Waals surface area contributed by atoms with Gasteiger partial charge in [-0.05, 0) is 43.2 Å². The van der Waals surface area contributed by atoms with Crippen LogP contribution in [0.25, 0.3) is 10.9 Å². The third kappa shape index (κ3) is 3.00. The summed E-state index contributed by atoms with van der Waals surface area (Å²) in [5.74, 6) is 0.275. The zero-order valence-electron chi connectivity index (χ0n) is 14.1. The molecule has 0 fully saturated rings. The smallest absolute Gasteiger partial charge is 0.264 e. The lowest BCUT2D eigenvalue weighted by Gasteiger charge is -2.18. The number of halogens is 2. The molecule has 6 heteroatoms. The molecule has 1 amide bonds. The molecule has 132 valence electrons. The lowest BCUT2D eigenvalue weighted by atomic mass is 10.2. The quantitative estimate of drug-likeness (QED) is 0.647. The highest BCUT2D eigenvalue weighted by atomic mass is 35.5. The Kier molecular flexibility index (Phi) is 4.47. The van der Waals surface area contributed by atoms with Crippen LogP contribution in [0.1, 0.15) is 11.3 Å². The number of aryl methyl sites for hydroxylation is 1. The maximum Gasteiger partial charge on any atom is 0.264 e. The van der Waals surface area contributed by atoms with Gasteiger partial charge in [0, 0.05) is 23.3 Å². The van der Waals surface area contributed by atoms with E-state index in [0.717, 1.165) is 23.2 Å². The first-order valence-corrected chi connectivity index (χ1v) is 9.06. The van der Waals surface area contributed by atoms with Gasteiger partial charge in [0.05, 0.1) is 10.0 Å². The van der Waals surface area contributed by atoms with Gasteiger partial charge in [0.25, 0.3) is 5.91 Å². The minimum absolute atomic E-state index is 0.109. The fraction of sp³-hybridized carbons (Fsp3) is 0.200. The number of aromatic nitrogens is 1. The Bertz CT molecular complexity index is 1020. The van der Waals surface area contributed by atoms with Gasteiger partial charge in [-0.15, -0.1) is 0 Å². The van der Waals surface area contributed by atoms with Crippen LogP contribution in [0.2, 0.25) is 10.0 Å². The lowest BCUT2D eigenvalue weighted by Crippen LogP contribution is -2.33. The Morgan fingerprint density at radius 1 is 1.19 bits per heavy atom. The van der Waals surface area contributed by atoms with Gasteiger partial charge in [0.2, 0.25) is 0 Å². The molecule has 0 aliphatic carbocycles. The van der Waals surface area contributed by atoms with Crippen molar-refractivity contribution < 1.29 is 9.53 Å². The third-order valence-corrected chi connectivity index (χ3v) is 5.10. The second-order valence-corrected chi connectivity index (χ2v) is 7.05. The summed E-state index contributed by atoms with van der Waals surface area (Å²) in [7, 11) is 0. The standard InChI is InChI=1S/C20H16Cl2N2O2/c1-12-6-7-14-15(21)10-16(22)20(19(14)23-12)26-11-18(25)24-9-8-13-4-2-3-5-17(13)24/h2-7,10H,8-9,11H2,1H3. The van der Waals surface area contributed by atoms with Gasteiger partial charge < -0.3 is 9.64 Å². The molecule has 26 heavy (non-hydrogen) atoms. The van der Waals surface area contributed by atoms with Crippen LogP contribution >= 0.6 is 23.2 Å². The third-order valence-electron chi connectivity index (χ3n) is 4.51. The van der Waals surface area contributed by atoms with Crippen molar-refractivity contribution in [1.29, 1.82) is 0 Å². The zero-order valence-corrected chi connectivity index (χ0v) is 15.6. The van der Waals surface area contributed by atoms with Crippen molar-refractivity contribution in [1.82, 2.24) is 4.98 Å². The number of benzene rings is 2. The molecule has 0 saturated heterocycles. The summed E-state index contributed by atoms with van der Waals surface area (Å²) < 4.78 is 5.81. The molecule has 1 aliphatic rings. The molecule has 0 N–H and O–H groups in total. The van der Waals surface area contributed by atoms with Crippen LogP contribution in [-0.4, -0.2) is 24.0 Å². The van der Waals surface area contributed by atoms with Crippen LogP contribution in [-0.2, 0) is 11.2 Å². The number of ether oxygens (including phenoxy) is 1.